The lowest BCUT2D eigenvalue weighted by molar-refractivity contribution is -0.152. The highest BCUT2D eigenvalue weighted by molar-refractivity contribution is 9.10. The molecule has 3 nitrogen and oxygen atoms in total. The zero-order valence-corrected chi connectivity index (χ0v) is 11.7. The van der Waals surface area contributed by atoms with Gasteiger partial charge < -0.3 is 9.84 Å². The Labute approximate surface area is 111 Å². The van der Waals surface area contributed by atoms with Crippen LogP contribution in [0.25, 0.3) is 0 Å². The van der Waals surface area contributed by atoms with Crippen LogP contribution in [0.15, 0.2) is 16.6 Å². The van der Waals surface area contributed by atoms with Gasteiger partial charge in [0.15, 0.2) is 11.4 Å². The molecule has 0 aliphatic rings. The smallest absolute Gasteiger partial charge is 0.347 e. The summed E-state index contributed by atoms with van der Waals surface area (Å²) in [4.78, 5) is 10.9. The van der Waals surface area contributed by atoms with Crippen LogP contribution in [-0.4, -0.2) is 16.7 Å². The fraction of sp³-hybridized carbons (Fsp3) is 0.300. The van der Waals surface area contributed by atoms with Crippen molar-refractivity contribution >= 4 is 45.1 Å². The van der Waals surface area contributed by atoms with Crippen LogP contribution >= 0.6 is 39.1 Å². The number of carboxylic acids is 1. The highest BCUT2D eigenvalue weighted by Gasteiger charge is 2.31. The number of carbonyl (C=O) groups is 1. The van der Waals surface area contributed by atoms with Gasteiger partial charge in [-0.3, -0.25) is 0 Å². The number of halogens is 3. The first kappa shape index (κ1) is 13.6. The predicted molar refractivity (Wildman–Crippen MR) is 66.5 cm³/mol. The van der Waals surface area contributed by atoms with E-state index in [4.69, 9.17) is 33.0 Å². The summed E-state index contributed by atoms with van der Waals surface area (Å²) in [6.45, 7) is 2.87. The molecule has 0 aliphatic carbocycles. The molecule has 1 N–H and O–H groups in total. The molecule has 0 unspecified atom stereocenters. The molecule has 0 aliphatic heterocycles. The Morgan fingerprint density at radius 1 is 1.44 bits per heavy atom. The third-order valence-electron chi connectivity index (χ3n) is 1.84. The molecule has 0 bridgehead atoms. The molecule has 0 heterocycles. The van der Waals surface area contributed by atoms with Crippen molar-refractivity contribution < 1.29 is 14.6 Å². The molecule has 88 valence electrons. The number of ether oxygens (including phenoxy) is 1. The van der Waals surface area contributed by atoms with Crippen LogP contribution in [-0.2, 0) is 4.79 Å². The molecule has 0 amide bonds. The van der Waals surface area contributed by atoms with E-state index in [0.717, 1.165) is 0 Å². The first-order valence-electron chi connectivity index (χ1n) is 4.31. The molecule has 1 rings (SSSR count). The largest absolute Gasteiger partial charge is 0.478 e. The topological polar surface area (TPSA) is 46.5 Å². The number of rotatable bonds is 3. The van der Waals surface area contributed by atoms with Gasteiger partial charge in [-0.25, -0.2) is 4.79 Å². The lowest BCUT2D eigenvalue weighted by Gasteiger charge is -2.23. The van der Waals surface area contributed by atoms with Crippen molar-refractivity contribution in [1.82, 2.24) is 0 Å². The number of benzene rings is 1. The minimum atomic E-state index is -1.36. The average molecular weight is 328 g/mol. The molecule has 0 atom stereocenters. The first-order valence-corrected chi connectivity index (χ1v) is 5.86. The molecule has 0 aromatic heterocycles. The standard InChI is InChI=1S/C10H9BrCl2O3/c1-10(2,9(14)15)16-8-6(11)3-5(12)4-7(8)13/h3-4H,1-2H3,(H,14,15). The van der Waals surface area contributed by atoms with Gasteiger partial charge in [0, 0.05) is 5.02 Å². The van der Waals surface area contributed by atoms with E-state index in [-0.39, 0.29) is 10.8 Å². The van der Waals surface area contributed by atoms with Crippen molar-refractivity contribution in [3.05, 3.63) is 26.7 Å². The summed E-state index contributed by atoms with van der Waals surface area (Å²) in [6.07, 6.45) is 0. The van der Waals surface area contributed by atoms with Crippen LogP contribution in [0.4, 0.5) is 0 Å². The molecule has 16 heavy (non-hydrogen) atoms. The molecule has 0 radical (unpaired) electrons. The molecule has 1 aromatic carbocycles. The van der Waals surface area contributed by atoms with Crippen LogP contribution in [0.1, 0.15) is 13.8 Å². The third-order valence-corrected chi connectivity index (χ3v) is 2.92. The van der Waals surface area contributed by atoms with Crippen molar-refractivity contribution in [1.29, 1.82) is 0 Å². The summed E-state index contributed by atoms with van der Waals surface area (Å²) in [6, 6.07) is 3.07. The molecule has 0 spiro atoms. The highest BCUT2D eigenvalue weighted by Crippen LogP contribution is 2.38. The van der Waals surface area contributed by atoms with Crippen molar-refractivity contribution in [2.45, 2.75) is 19.4 Å². The highest BCUT2D eigenvalue weighted by atomic mass is 79.9. The maximum atomic E-state index is 10.9. The van der Waals surface area contributed by atoms with E-state index in [9.17, 15) is 4.79 Å². The maximum Gasteiger partial charge on any atom is 0.347 e. The van der Waals surface area contributed by atoms with Crippen molar-refractivity contribution in [2.75, 3.05) is 0 Å². The van der Waals surface area contributed by atoms with Crippen molar-refractivity contribution in [3.8, 4) is 5.75 Å². The fourth-order valence-electron chi connectivity index (χ4n) is 0.925. The normalized spacial score (nSPS) is 11.3. The summed E-state index contributed by atoms with van der Waals surface area (Å²) in [7, 11) is 0. The predicted octanol–water partition coefficient (Wildman–Crippen LogP) is 4.00. The van der Waals surface area contributed by atoms with Gasteiger partial charge in [0.2, 0.25) is 0 Å². The van der Waals surface area contributed by atoms with E-state index in [2.05, 4.69) is 15.9 Å². The Kier molecular flexibility index (Phi) is 4.10. The first-order chi connectivity index (χ1) is 7.24. The monoisotopic (exact) mass is 326 g/mol. The molecule has 0 saturated carbocycles. The summed E-state index contributed by atoms with van der Waals surface area (Å²) in [5.41, 5.74) is -1.36. The van der Waals surface area contributed by atoms with Gasteiger partial charge in [-0.1, -0.05) is 23.2 Å². The molecule has 0 saturated heterocycles. The Morgan fingerprint density at radius 3 is 2.44 bits per heavy atom. The summed E-state index contributed by atoms with van der Waals surface area (Å²) in [5.74, 6) is -0.816. The van der Waals surface area contributed by atoms with E-state index < -0.39 is 11.6 Å². The summed E-state index contributed by atoms with van der Waals surface area (Å²) < 4.78 is 5.86. The lowest BCUT2D eigenvalue weighted by Crippen LogP contribution is -2.38. The molecular weight excluding hydrogens is 319 g/mol. The van der Waals surface area contributed by atoms with Gasteiger partial charge in [0.25, 0.3) is 0 Å². The van der Waals surface area contributed by atoms with Crippen LogP contribution in [0.3, 0.4) is 0 Å². The Morgan fingerprint density at radius 2 is 2.00 bits per heavy atom. The van der Waals surface area contributed by atoms with Gasteiger partial charge >= 0.3 is 5.97 Å². The van der Waals surface area contributed by atoms with Crippen molar-refractivity contribution in [2.24, 2.45) is 0 Å². The quantitative estimate of drug-likeness (QED) is 0.912. The second kappa shape index (κ2) is 4.82. The molecule has 0 fully saturated rings. The van der Waals surface area contributed by atoms with Crippen LogP contribution in [0.5, 0.6) is 5.75 Å². The van der Waals surface area contributed by atoms with E-state index in [1.807, 2.05) is 0 Å². The van der Waals surface area contributed by atoms with E-state index in [1.165, 1.54) is 19.9 Å². The fourth-order valence-corrected chi connectivity index (χ4v) is 2.24. The Balaban J connectivity index is 3.11. The Bertz CT molecular complexity index is 409. The summed E-state index contributed by atoms with van der Waals surface area (Å²) >= 11 is 14.9. The molecule has 1 aromatic rings. The van der Waals surface area contributed by atoms with E-state index in [1.54, 1.807) is 6.07 Å². The molecular formula is C10H9BrCl2O3. The number of aliphatic carboxylic acids is 1. The van der Waals surface area contributed by atoms with Gasteiger partial charge in [-0.2, -0.15) is 0 Å². The zero-order chi connectivity index (χ0) is 12.5. The molecule has 6 heteroatoms. The summed E-state index contributed by atoms with van der Waals surface area (Å²) in [5, 5.41) is 9.63. The average Bonchev–Trinajstić information content (AvgIpc) is 2.11. The van der Waals surface area contributed by atoms with E-state index in [0.29, 0.717) is 9.50 Å². The number of hydrogen-bond acceptors (Lipinski definition) is 2. The van der Waals surface area contributed by atoms with Crippen LogP contribution in [0, 0.1) is 0 Å². The second-order valence-electron chi connectivity index (χ2n) is 3.62. The van der Waals surface area contributed by atoms with Gasteiger partial charge in [-0.15, -0.1) is 0 Å². The maximum absolute atomic E-state index is 10.9. The van der Waals surface area contributed by atoms with Gasteiger partial charge in [0.05, 0.1) is 9.50 Å². The Hall–Kier alpha value is -0.450. The van der Waals surface area contributed by atoms with Crippen LogP contribution < -0.4 is 4.74 Å². The zero-order valence-electron chi connectivity index (χ0n) is 8.55. The second-order valence-corrected chi connectivity index (χ2v) is 5.31. The minimum absolute atomic E-state index is 0.258. The lowest BCUT2D eigenvalue weighted by atomic mass is 10.1. The SMILES string of the molecule is CC(C)(Oc1c(Cl)cc(Cl)cc1Br)C(=O)O. The van der Waals surface area contributed by atoms with Crippen LogP contribution in [0.2, 0.25) is 10.0 Å². The van der Waals surface area contributed by atoms with Crippen molar-refractivity contribution in [3.63, 3.8) is 0 Å². The van der Waals surface area contributed by atoms with Gasteiger partial charge in [-0.05, 0) is 41.9 Å². The number of hydrogen-bond donors (Lipinski definition) is 1. The number of carboxylic acid groups (broad SMARTS) is 1. The van der Waals surface area contributed by atoms with E-state index >= 15 is 0 Å². The third kappa shape index (κ3) is 3.03. The van der Waals surface area contributed by atoms with Gasteiger partial charge in [0.1, 0.15) is 0 Å². The minimum Gasteiger partial charge on any atom is -0.478 e.